The number of aryl methyl sites for hydroxylation is 2. The molecular weight excluding hydrogens is 338 g/mol. The van der Waals surface area contributed by atoms with Crippen LogP contribution in [0.5, 0.6) is 0 Å². The van der Waals surface area contributed by atoms with Gasteiger partial charge in [-0.1, -0.05) is 39.7 Å². The number of rotatable bonds is 4. The topological polar surface area (TPSA) is 29.1 Å². The normalized spacial score (nSPS) is 10.3. The molecule has 20 heavy (non-hydrogen) atoms. The first-order chi connectivity index (χ1) is 9.60. The number of benzene rings is 2. The number of carbonyl (C=O) groups excluding carboxylic acids is 1. The third-order valence-corrected chi connectivity index (χ3v) is 3.66. The Labute approximate surface area is 132 Å². The molecule has 0 bridgehead atoms. The highest BCUT2D eigenvalue weighted by atomic mass is 79.9. The molecule has 0 atom stereocenters. The third kappa shape index (κ3) is 3.84. The van der Waals surface area contributed by atoms with Gasteiger partial charge in [-0.15, -0.1) is 0 Å². The Hall–Kier alpha value is -1.32. The van der Waals surface area contributed by atoms with Crippen molar-refractivity contribution in [3.05, 3.63) is 64.2 Å². The van der Waals surface area contributed by atoms with Gasteiger partial charge in [0.2, 0.25) is 0 Å². The first-order valence-electron chi connectivity index (χ1n) is 6.32. The van der Waals surface area contributed by atoms with Crippen LogP contribution in [-0.2, 0) is 6.42 Å². The number of hydrogen-bond acceptors (Lipinski definition) is 1. The molecule has 1 N–H and O–H groups in total. The highest BCUT2D eigenvalue weighted by molar-refractivity contribution is 9.09. The van der Waals surface area contributed by atoms with E-state index in [1.165, 1.54) is 5.56 Å². The summed E-state index contributed by atoms with van der Waals surface area (Å²) < 4.78 is 0. The molecule has 0 saturated carbocycles. The Morgan fingerprint density at radius 1 is 1.20 bits per heavy atom. The summed E-state index contributed by atoms with van der Waals surface area (Å²) in [4.78, 5) is 12.2. The molecular formula is C16H15BrClNO. The minimum Gasteiger partial charge on any atom is -0.322 e. The number of carbonyl (C=O) groups is 1. The molecule has 1 amide bonds. The van der Waals surface area contributed by atoms with E-state index < -0.39 is 0 Å². The lowest BCUT2D eigenvalue weighted by atomic mass is 10.1. The Balaban J connectivity index is 2.11. The molecule has 0 aliphatic rings. The predicted molar refractivity (Wildman–Crippen MR) is 88.1 cm³/mol. The predicted octanol–water partition coefficient (Wildman–Crippen LogP) is 4.84. The Morgan fingerprint density at radius 3 is 2.50 bits per heavy atom. The van der Waals surface area contributed by atoms with Gasteiger partial charge in [0, 0.05) is 21.6 Å². The van der Waals surface area contributed by atoms with Crippen molar-refractivity contribution < 1.29 is 4.79 Å². The molecule has 2 nitrogen and oxygen atoms in total. The molecule has 0 spiro atoms. The Morgan fingerprint density at radius 2 is 1.90 bits per heavy atom. The van der Waals surface area contributed by atoms with Crippen molar-refractivity contribution in [3.63, 3.8) is 0 Å². The van der Waals surface area contributed by atoms with Crippen LogP contribution < -0.4 is 5.32 Å². The maximum Gasteiger partial charge on any atom is 0.255 e. The summed E-state index contributed by atoms with van der Waals surface area (Å²) in [5.74, 6) is -0.118. The van der Waals surface area contributed by atoms with Crippen LogP contribution in [0.25, 0.3) is 0 Å². The van der Waals surface area contributed by atoms with Crippen LogP contribution in [-0.4, -0.2) is 11.2 Å². The Kier molecular flexibility index (Phi) is 5.21. The maximum absolute atomic E-state index is 12.2. The molecule has 0 aromatic heterocycles. The second-order valence-corrected chi connectivity index (χ2v) is 5.78. The molecule has 0 saturated heterocycles. The van der Waals surface area contributed by atoms with Gasteiger partial charge in [-0.2, -0.15) is 0 Å². The highest BCUT2D eigenvalue weighted by Crippen LogP contribution is 2.17. The fraction of sp³-hybridized carbons (Fsp3) is 0.188. The average Bonchev–Trinajstić information content (AvgIpc) is 2.41. The largest absolute Gasteiger partial charge is 0.322 e. The van der Waals surface area contributed by atoms with Gasteiger partial charge in [0.15, 0.2) is 0 Å². The van der Waals surface area contributed by atoms with Crippen molar-refractivity contribution in [2.24, 2.45) is 0 Å². The van der Waals surface area contributed by atoms with Gasteiger partial charge in [-0.3, -0.25) is 4.79 Å². The second kappa shape index (κ2) is 6.91. The number of nitrogens with one attached hydrogen (secondary N) is 1. The summed E-state index contributed by atoms with van der Waals surface area (Å²) in [5, 5.41) is 4.46. The summed E-state index contributed by atoms with van der Waals surface area (Å²) in [6.45, 7) is 1.87. The number of hydrogen-bond donors (Lipinski definition) is 1. The number of halogens is 2. The van der Waals surface area contributed by atoms with E-state index in [4.69, 9.17) is 11.6 Å². The first kappa shape index (κ1) is 15.1. The van der Waals surface area contributed by atoms with E-state index in [1.807, 2.05) is 31.2 Å². The summed E-state index contributed by atoms with van der Waals surface area (Å²) in [6.07, 6.45) is 0.977. The molecule has 0 unspecified atom stereocenters. The van der Waals surface area contributed by atoms with Crippen LogP contribution in [0.3, 0.4) is 0 Å². The minimum absolute atomic E-state index is 0.118. The smallest absolute Gasteiger partial charge is 0.255 e. The fourth-order valence-corrected chi connectivity index (χ4v) is 2.63. The van der Waals surface area contributed by atoms with Gasteiger partial charge < -0.3 is 5.32 Å². The molecule has 4 heteroatoms. The van der Waals surface area contributed by atoms with Crippen molar-refractivity contribution >= 4 is 39.1 Å². The van der Waals surface area contributed by atoms with E-state index in [1.54, 1.807) is 18.2 Å². The summed E-state index contributed by atoms with van der Waals surface area (Å²) >= 11 is 9.30. The van der Waals surface area contributed by atoms with Crippen molar-refractivity contribution in [2.45, 2.75) is 13.3 Å². The molecule has 0 heterocycles. The quantitative estimate of drug-likeness (QED) is 0.784. The van der Waals surface area contributed by atoms with Gasteiger partial charge in [-0.05, 0) is 54.8 Å². The van der Waals surface area contributed by atoms with Gasteiger partial charge in [-0.25, -0.2) is 0 Å². The molecule has 0 aliphatic heterocycles. The zero-order chi connectivity index (χ0) is 14.5. The zero-order valence-corrected chi connectivity index (χ0v) is 13.5. The van der Waals surface area contributed by atoms with E-state index in [2.05, 4.69) is 21.2 Å². The monoisotopic (exact) mass is 351 g/mol. The first-order valence-corrected chi connectivity index (χ1v) is 7.82. The SMILES string of the molecule is Cc1cc(Cl)ccc1C(=O)Nc1ccc(CCBr)cc1. The van der Waals surface area contributed by atoms with Crippen molar-refractivity contribution in [3.8, 4) is 0 Å². The van der Waals surface area contributed by atoms with Crippen molar-refractivity contribution in [2.75, 3.05) is 10.6 Å². The van der Waals surface area contributed by atoms with Gasteiger partial charge in [0.1, 0.15) is 0 Å². The number of alkyl halides is 1. The molecule has 0 fully saturated rings. The molecule has 2 rings (SSSR count). The van der Waals surface area contributed by atoms with E-state index in [0.29, 0.717) is 10.6 Å². The maximum atomic E-state index is 12.2. The van der Waals surface area contributed by atoms with E-state index >= 15 is 0 Å². The standard InChI is InChI=1S/C16H15BrClNO/c1-11-10-13(18)4-7-15(11)16(20)19-14-5-2-12(3-6-14)8-9-17/h2-7,10H,8-9H2,1H3,(H,19,20). The average molecular weight is 353 g/mol. The number of amides is 1. The summed E-state index contributed by atoms with van der Waals surface area (Å²) in [5.41, 5.74) is 3.54. The molecule has 0 aliphatic carbocycles. The van der Waals surface area contributed by atoms with E-state index in [9.17, 15) is 4.79 Å². The van der Waals surface area contributed by atoms with Crippen LogP contribution in [0.1, 0.15) is 21.5 Å². The number of anilines is 1. The van der Waals surface area contributed by atoms with Gasteiger partial charge >= 0.3 is 0 Å². The highest BCUT2D eigenvalue weighted by Gasteiger charge is 2.09. The van der Waals surface area contributed by atoms with Crippen LogP contribution in [0.4, 0.5) is 5.69 Å². The van der Waals surface area contributed by atoms with Crippen LogP contribution in [0, 0.1) is 6.92 Å². The van der Waals surface area contributed by atoms with Crippen LogP contribution in [0.15, 0.2) is 42.5 Å². The second-order valence-electron chi connectivity index (χ2n) is 4.55. The summed E-state index contributed by atoms with van der Waals surface area (Å²) in [6, 6.07) is 13.1. The van der Waals surface area contributed by atoms with Gasteiger partial charge in [0.25, 0.3) is 5.91 Å². The minimum atomic E-state index is -0.118. The van der Waals surface area contributed by atoms with Crippen LogP contribution in [0.2, 0.25) is 5.02 Å². The molecule has 104 valence electrons. The molecule has 2 aromatic rings. The summed E-state index contributed by atoms with van der Waals surface area (Å²) in [7, 11) is 0. The third-order valence-electron chi connectivity index (χ3n) is 3.03. The van der Waals surface area contributed by atoms with E-state index in [0.717, 1.165) is 23.0 Å². The molecule has 0 radical (unpaired) electrons. The lowest BCUT2D eigenvalue weighted by Gasteiger charge is -2.08. The Bertz CT molecular complexity index is 610. The van der Waals surface area contributed by atoms with Crippen LogP contribution >= 0.6 is 27.5 Å². The van der Waals surface area contributed by atoms with Gasteiger partial charge in [0.05, 0.1) is 0 Å². The lowest BCUT2D eigenvalue weighted by Crippen LogP contribution is -2.13. The fourth-order valence-electron chi connectivity index (χ4n) is 1.94. The zero-order valence-electron chi connectivity index (χ0n) is 11.1. The van der Waals surface area contributed by atoms with E-state index in [-0.39, 0.29) is 5.91 Å². The van der Waals surface area contributed by atoms with Crippen molar-refractivity contribution in [1.82, 2.24) is 0 Å². The molecule has 2 aromatic carbocycles. The van der Waals surface area contributed by atoms with Crippen molar-refractivity contribution in [1.29, 1.82) is 0 Å². The lowest BCUT2D eigenvalue weighted by molar-refractivity contribution is 0.102.